The molecule has 0 amide bonds. The van der Waals surface area contributed by atoms with Crippen LogP contribution in [0.4, 0.5) is 10.1 Å². The number of hydrogen-bond donors (Lipinski definition) is 1. The summed E-state index contributed by atoms with van der Waals surface area (Å²) in [5, 5.41) is 0. The van der Waals surface area contributed by atoms with Crippen molar-refractivity contribution >= 4 is 21.6 Å². The lowest BCUT2D eigenvalue weighted by molar-refractivity contribution is -0.0162. The Balaban J connectivity index is 2.50. The summed E-state index contributed by atoms with van der Waals surface area (Å²) in [4.78, 5) is 0. The summed E-state index contributed by atoms with van der Waals surface area (Å²) in [6.07, 6.45) is 0. The molecule has 0 aromatic heterocycles. The smallest absolute Gasteiger partial charge is 0.143 e. The third-order valence-corrected chi connectivity index (χ3v) is 2.54. The van der Waals surface area contributed by atoms with E-state index in [9.17, 15) is 4.39 Å². The van der Waals surface area contributed by atoms with Gasteiger partial charge in [-0.05, 0) is 42.8 Å². The number of anilines is 1. The van der Waals surface area contributed by atoms with Crippen LogP contribution in [0.15, 0.2) is 16.6 Å². The molecule has 0 aliphatic rings. The molecule has 0 spiro atoms. The van der Waals surface area contributed by atoms with Crippen LogP contribution in [0.1, 0.15) is 20.8 Å². The molecule has 3 nitrogen and oxygen atoms in total. The molecule has 1 rings (SSSR count). The summed E-state index contributed by atoms with van der Waals surface area (Å²) in [5.74, 6) is 0.0524. The lowest BCUT2D eigenvalue weighted by Gasteiger charge is -2.19. The fourth-order valence-corrected chi connectivity index (χ4v) is 1.49. The van der Waals surface area contributed by atoms with E-state index in [4.69, 9.17) is 15.2 Å². The number of rotatable bonds is 4. The van der Waals surface area contributed by atoms with Crippen molar-refractivity contribution in [3.8, 4) is 5.75 Å². The van der Waals surface area contributed by atoms with Gasteiger partial charge in [-0.3, -0.25) is 0 Å². The molecule has 1 aromatic rings. The molecule has 0 aliphatic heterocycles. The van der Waals surface area contributed by atoms with Gasteiger partial charge in [0.15, 0.2) is 0 Å². The van der Waals surface area contributed by atoms with Crippen LogP contribution >= 0.6 is 15.9 Å². The van der Waals surface area contributed by atoms with Crippen LogP contribution < -0.4 is 10.5 Å². The van der Waals surface area contributed by atoms with E-state index in [1.807, 2.05) is 20.8 Å². The number of halogens is 2. The Kier molecular flexibility index (Phi) is 4.77. The van der Waals surface area contributed by atoms with Crippen molar-refractivity contribution < 1.29 is 13.9 Å². The normalized spacial score (nSPS) is 11.6. The molecule has 0 atom stereocenters. The largest absolute Gasteiger partial charge is 0.489 e. The van der Waals surface area contributed by atoms with Crippen molar-refractivity contribution in [3.63, 3.8) is 0 Å². The zero-order chi connectivity index (χ0) is 13.1. The minimum Gasteiger partial charge on any atom is -0.489 e. The Bertz CT molecular complexity index is 391. The first-order valence-corrected chi connectivity index (χ1v) is 6.10. The van der Waals surface area contributed by atoms with Gasteiger partial charge in [-0.15, -0.1) is 0 Å². The van der Waals surface area contributed by atoms with Gasteiger partial charge in [-0.1, -0.05) is 0 Å². The Morgan fingerprint density at radius 1 is 1.29 bits per heavy atom. The predicted molar refractivity (Wildman–Crippen MR) is 69.7 cm³/mol. The highest BCUT2D eigenvalue weighted by Gasteiger charge is 2.10. The van der Waals surface area contributed by atoms with Crippen molar-refractivity contribution in [2.75, 3.05) is 18.9 Å². The minimum atomic E-state index is -0.402. The van der Waals surface area contributed by atoms with E-state index in [0.29, 0.717) is 23.4 Å². The fraction of sp³-hybridized carbons (Fsp3) is 0.500. The van der Waals surface area contributed by atoms with E-state index in [0.717, 1.165) is 0 Å². The molecule has 0 unspecified atom stereocenters. The molecule has 5 heteroatoms. The Hall–Kier alpha value is -0.810. The second-order valence-corrected chi connectivity index (χ2v) is 5.47. The van der Waals surface area contributed by atoms with Gasteiger partial charge in [-0.2, -0.15) is 0 Å². The van der Waals surface area contributed by atoms with Gasteiger partial charge >= 0.3 is 0 Å². The highest BCUT2D eigenvalue weighted by atomic mass is 79.9. The zero-order valence-electron chi connectivity index (χ0n) is 10.2. The summed E-state index contributed by atoms with van der Waals surface area (Å²) in [6.45, 7) is 6.74. The number of nitrogen functional groups attached to an aromatic ring is 1. The summed E-state index contributed by atoms with van der Waals surface area (Å²) in [6, 6.07) is 2.74. The topological polar surface area (TPSA) is 44.5 Å². The third kappa shape index (κ3) is 4.91. The SMILES string of the molecule is CC(C)(C)OCCOc1cc(Br)c(F)cc1N. The number of hydrogen-bond acceptors (Lipinski definition) is 3. The van der Waals surface area contributed by atoms with Crippen LogP contribution in [-0.4, -0.2) is 18.8 Å². The Morgan fingerprint density at radius 3 is 2.53 bits per heavy atom. The van der Waals surface area contributed by atoms with Gasteiger partial charge in [0.25, 0.3) is 0 Å². The third-order valence-electron chi connectivity index (χ3n) is 1.93. The second-order valence-electron chi connectivity index (χ2n) is 4.61. The van der Waals surface area contributed by atoms with Gasteiger partial charge in [0.1, 0.15) is 18.2 Å². The highest BCUT2D eigenvalue weighted by molar-refractivity contribution is 9.10. The standard InChI is InChI=1S/C12H17BrFNO2/c1-12(2,3)17-5-4-16-11-6-8(13)9(14)7-10(11)15/h6-7H,4-5,15H2,1-3H3. The summed E-state index contributed by atoms with van der Waals surface area (Å²) in [5.41, 5.74) is 5.71. The molecule has 96 valence electrons. The van der Waals surface area contributed by atoms with Crippen LogP contribution in [0.2, 0.25) is 0 Å². The summed E-state index contributed by atoms with van der Waals surface area (Å²) < 4.78 is 24.3. The number of ether oxygens (including phenoxy) is 2. The molecule has 0 aliphatic carbocycles. The first kappa shape index (κ1) is 14.3. The van der Waals surface area contributed by atoms with E-state index in [2.05, 4.69) is 15.9 Å². The van der Waals surface area contributed by atoms with Gasteiger partial charge < -0.3 is 15.2 Å². The molecule has 1 aromatic carbocycles. The lowest BCUT2D eigenvalue weighted by Crippen LogP contribution is -2.22. The van der Waals surface area contributed by atoms with E-state index >= 15 is 0 Å². The summed E-state index contributed by atoms with van der Waals surface area (Å²) >= 11 is 3.08. The Labute approximate surface area is 109 Å². The monoisotopic (exact) mass is 305 g/mol. The van der Waals surface area contributed by atoms with Crippen LogP contribution in [0, 0.1) is 5.82 Å². The van der Waals surface area contributed by atoms with Crippen molar-refractivity contribution in [2.24, 2.45) is 0 Å². The van der Waals surface area contributed by atoms with Crippen molar-refractivity contribution in [1.82, 2.24) is 0 Å². The van der Waals surface area contributed by atoms with E-state index < -0.39 is 5.82 Å². The van der Waals surface area contributed by atoms with E-state index in [1.165, 1.54) is 12.1 Å². The number of benzene rings is 1. The van der Waals surface area contributed by atoms with Crippen LogP contribution in [-0.2, 0) is 4.74 Å². The number of nitrogens with two attached hydrogens (primary N) is 1. The van der Waals surface area contributed by atoms with Gasteiger partial charge in [-0.25, -0.2) is 4.39 Å². The van der Waals surface area contributed by atoms with Crippen molar-refractivity contribution in [2.45, 2.75) is 26.4 Å². The molecule has 0 heterocycles. The zero-order valence-corrected chi connectivity index (χ0v) is 11.8. The molecule has 0 saturated carbocycles. The maximum Gasteiger partial charge on any atom is 0.143 e. The molecule has 0 radical (unpaired) electrons. The second kappa shape index (κ2) is 5.69. The quantitative estimate of drug-likeness (QED) is 0.685. The fourth-order valence-electron chi connectivity index (χ4n) is 1.17. The van der Waals surface area contributed by atoms with Crippen LogP contribution in [0.3, 0.4) is 0 Å². The average molecular weight is 306 g/mol. The molecule has 2 N–H and O–H groups in total. The molecule has 0 bridgehead atoms. The molecular formula is C12H17BrFNO2. The lowest BCUT2D eigenvalue weighted by atomic mass is 10.2. The van der Waals surface area contributed by atoms with Crippen LogP contribution in [0.25, 0.3) is 0 Å². The molecule has 0 saturated heterocycles. The summed E-state index contributed by atoms with van der Waals surface area (Å²) in [7, 11) is 0. The van der Waals surface area contributed by atoms with Gasteiger partial charge in [0, 0.05) is 6.07 Å². The van der Waals surface area contributed by atoms with E-state index in [1.54, 1.807) is 0 Å². The highest BCUT2D eigenvalue weighted by Crippen LogP contribution is 2.28. The average Bonchev–Trinajstić information content (AvgIpc) is 2.18. The predicted octanol–water partition coefficient (Wildman–Crippen LogP) is 3.36. The van der Waals surface area contributed by atoms with Crippen molar-refractivity contribution in [3.05, 3.63) is 22.4 Å². The Morgan fingerprint density at radius 2 is 1.94 bits per heavy atom. The van der Waals surface area contributed by atoms with Crippen LogP contribution in [0.5, 0.6) is 5.75 Å². The van der Waals surface area contributed by atoms with Gasteiger partial charge in [0.2, 0.25) is 0 Å². The minimum absolute atomic E-state index is 0.196. The first-order valence-electron chi connectivity index (χ1n) is 5.31. The maximum atomic E-state index is 13.1. The first-order chi connectivity index (χ1) is 7.79. The molecule has 17 heavy (non-hydrogen) atoms. The maximum absolute atomic E-state index is 13.1. The molecular weight excluding hydrogens is 289 g/mol. The van der Waals surface area contributed by atoms with E-state index in [-0.39, 0.29) is 11.3 Å². The van der Waals surface area contributed by atoms with Gasteiger partial charge in [0.05, 0.1) is 22.4 Å². The van der Waals surface area contributed by atoms with Crippen molar-refractivity contribution in [1.29, 1.82) is 0 Å². The molecule has 0 fully saturated rings.